The Balaban J connectivity index is 1.94. The highest BCUT2D eigenvalue weighted by molar-refractivity contribution is 7.99. The lowest BCUT2D eigenvalue weighted by Crippen LogP contribution is -2.25. The highest BCUT2D eigenvalue weighted by Crippen LogP contribution is 2.48. The zero-order chi connectivity index (χ0) is 14.8. The lowest BCUT2D eigenvalue weighted by Gasteiger charge is -2.33. The predicted octanol–water partition coefficient (Wildman–Crippen LogP) is 4.89. The Bertz CT molecular complexity index is 642. The largest absolute Gasteiger partial charge is 0.340 e. The number of halogens is 1. The third-order valence-electron chi connectivity index (χ3n) is 3.58. The van der Waals surface area contributed by atoms with Gasteiger partial charge in [0, 0.05) is 21.4 Å². The van der Waals surface area contributed by atoms with Crippen LogP contribution in [0.3, 0.4) is 0 Å². The maximum atomic E-state index is 6.16. The molecule has 3 rings (SSSR count). The molecule has 0 aliphatic carbocycles. The second-order valence-electron chi connectivity index (χ2n) is 5.49. The predicted molar refractivity (Wildman–Crippen MR) is 92.2 cm³/mol. The lowest BCUT2D eigenvalue weighted by atomic mass is 10.2. The molecule has 2 aromatic carbocycles. The molecular formula is C17H19ClN2S. The van der Waals surface area contributed by atoms with Crippen molar-refractivity contribution in [3.63, 3.8) is 0 Å². The van der Waals surface area contributed by atoms with Gasteiger partial charge < -0.3 is 9.80 Å². The Morgan fingerprint density at radius 1 is 1.05 bits per heavy atom. The molecule has 0 unspecified atom stereocenters. The zero-order valence-electron chi connectivity index (χ0n) is 12.3. The first-order chi connectivity index (χ1) is 10.1. The standard InChI is InChI=1S/C17H19ClN2S/c1-19(2)10-5-11-20-14-6-3-4-7-16(14)21-17-12-13(18)8-9-15(17)20/h3-4,6-9,12H,5,10-11H2,1-2H3. The van der Waals surface area contributed by atoms with Crippen LogP contribution in [0, 0.1) is 0 Å². The Morgan fingerprint density at radius 3 is 2.62 bits per heavy atom. The summed E-state index contributed by atoms with van der Waals surface area (Å²) >= 11 is 7.96. The van der Waals surface area contributed by atoms with Crippen LogP contribution in [0.15, 0.2) is 52.3 Å². The molecule has 0 bridgehead atoms. The summed E-state index contributed by atoms with van der Waals surface area (Å²) in [6.45, 7) is 2.11. The maximum absolute atomic E-state index is 6.16. The second kappa shape index (κ2) is 6.30. The molecule has 0 fully saturated rings. The van der Waals surface area contributed by atoms with Crippen molar-refractivity contribution >= 4 is 34.7 Å². The monoisotopic (exact) mass is 318 g/mol. The Hall–Kier alpha value is -1.16. The lowest BCUT2D eigenvalue weighted by molar-refractivity contribution is 0.402. The van der Waals surface area contributed by atoms with E-state index in [1.165, 1.54) is 21.2 Å². The fraction of sp³-hybridized carbons (Fsp3) is 0.294. The third-order valence-corrected chi connectivity index (χ3v) is 4.92. The fourth-order valence-electron chi connectivity index (χ4n) is 2.59. The van der Waals surface area contributed by atoms with Gasteiger partial charge in [-0.2, -0.15) is 0 Å². The Morgan fingerprint density at radius 2 is 1.81 bits per heavy atom. The number of para-hydroxylation sites is 1. The van der Waals surface area contributed by atoms with E-state index >= 15 is 0 Å². The van der Waals surface area contributed by atoms with Gasteiger partial charge in [-0.1, -0.05) is 35.5 Å². The van der Waals surface area contributed by atoms with E-state index in [1.807, 2.05) is 6.07 Å². The number of anilines is 2. The normalized spacial score (nSPS) is 13.2. The summed E-state index contributed by atoms with van der Waals surface area (Å²) in [7, 11) is 4.24. The summed E-state index contributed by atoms with van der Waals surface area (Å²) in [5.74, 6) is 0. The molecule has 0 saturated carbocycles. The molecule has 2 aromatic rings. The van der Waals surface area contributed by atoms with Crippen LogP contribution in [-0.4, -0.2) is 32.1 Å². The van der Waals surface area contributed by atoms with Gasteiger partial charge in [0.2, 0.25) is 0 Å². The zero-order valence-corrected chi connectivity index (χ0v) is 13.9. The summed E-state index contributed by atoms with van der Waals surface area (Å²) in [5, 5.41) is 0.800. The van der Waals surface area contributed by atoms with E-state index in [1.54, 1.807) is 11.8 Å². The van der Waals surface area contributed by atoms with Gasteiger partial charge in [0.25, 0.3) is 0 Å². The van der Waals surface area contributed by atoms with Gasteiger partial charge in [0.05, 0.1) is 11.4 Å². The van der Waals surface area contributed by atoms with Crippen molar-refractivity contribution < 1.29 is 0 Å². The maximum Gasteiger partial charge on any atom is 0.0553 e. The molecule has 0 amide bonds. The van der Waals surface area contributed by atoms with E-state index < -0.39 is 0 Å². The van der Waals surface area contributed by atoms with E-state index in [0.29, 0.717) is 0 Å². The number of fused-ring (bicyclic) bond motifs is 2. The summed E-state index contributed by atoms with van der Waals surface area (Å²) in [6, 6.07) is 14.8. The van der Waals surface area contributed by atoms with Crippen LogP contribution in [0.4, 0.5) is 11.4 Å². The number of benzene rings is 2. The van der Waals surface area contributed by atoms with Crippen LogP contribution in [0.1, 0.15) is 6.42 Å². The Labute approximate surface area is 135 Å². The second-order valence-corrected chi connectivity index (χ2v) is 7.01. The van der Waals surface area contributed by atoms with E-state index in [-0.39, 0.29) is 0 Å². The molecule has 1 aliphatic rings. The number of hydrogen-bond acceptors (Lipinski definition) is 3. The number of rotatable bonds is 4. The van der Waals surface area contributed by atoms with Gasteiger partial charge >= 0.3 is 0 Å². The first kappa shape index (κ1) is 14.8. The van der Waals surface area contributed by atoms with Crippen LogP contribution < -0.4 is 4.90 Å². The highest BCUT2D eigenvalue weighted by Gasteiger charge is 2.22. The van der Waals surface area contributed by atoms with Crippen molar-refractivity contribution in [3.05, 3.63) is 47.5 Å². The summed E-state index contributed by atoms with van der Waals surface area (Å²) in [4.78, 5) is 7.19. The van der Waals surface area contributed by atoms with Crippen molar-refractivity contribution in [2.24, 2.45) is 0 Å². The highest BCUT2D eigenvalue weighted by atomic mass is 35.5. The van der Waals surface area contributed by atoms with Crippen molar-refractivity contribution in [3.8, 4) is 0 Å². The molecular weight excluding hydrogens is 300 g/mol. The molecule has 21 heavy (non-hydrogen) atoms. The van der Waals surface area contributed by atoms with Crippen LogP contribution in [0.5, 0.6) is 0 Å². The average molecular weight is 319 g/mol. The van der Waals surface area contributed by atoms with Crippen LogP contribution in [-0.2, 0) is 0 Å². The van der Waals surface area contributed by atoms with Crippen molar-refractivity contribution in [1.29, 1.82) is 0 Å². The van der Waals surface area contributed by atoms with Gasteiger partial charge in [0.1, 0.15) is 0 Å². The topological polar surface area (TPSA) is 6.48 Å². The van der Waals surface area contributed by atoms with Gasteiger partial charge in [-0.25, -0.2) is 0 Å². The molecule has 0 radical (unpaired) electrons. The molecule has 1 heterocycles. The van der Waals surface area contributed by atoms with Crippen LogP contribution in [0.2, 0.25) is 5.02 Å². The van der Waals surface area contributed by atoms with Gasteiger partial charge in [-0.15, -0.1) is 0 Å². The van der Waals surface area contributed by atoms with E-state index in [9.17, 15) is 0 Å². The van der Waals surface area contributed by atoms with E-state index in [2.05, 4.69) is 60.3 Å². The molecule has 4 heteroatoms. The van der Waals surface area contributed by atoms with E-state index in [4.69, 9.17) is 11.6 Å². The minimum Gasteiger partial charge on any atom is -0.340 e. The smallest absolute Gasteiger partial charge is 0.0553 e. The minimum atomic E-state index is 0.800. The van der Waals surface area contributed by atoms with Crippen molar-refractivity contribution in [2.75, 3.05) is 32.1 Å². The van der Waals surface area contributed by atoms with E-state index in [0.717, 1.165) is 24.5 Å². The van der Waals surface area contributed by atoms with Gasteiger partial charge in [-0.05, 0) is 57.4 Å². The summed E-state index contributed by atoms with van der Waals surface area (Å²) in [5.41, 5.74) is 2.57. The average Bonchev–Trinajstić information content (AvgIpc) is 2.46. The minimum absolute atomic E-state index is 0.800. The number of nitrogens with zero attached hydrogens (tertiary/aromatic N) is 2. The SMILES string of the molecule is CN(C)CCCN1c2ccccc2Sc2cc(Cl)ccc21. The molecule has 0 atom stereocenters. The fourth-order valence-corrected chi connectivity index (χ4v) is 3.97. The van der Waals surface area contributed by atoms with Crippen molar-refractivity contribution in [1.82, 2.24) is 4.90 Å². The van der Waals surface area contributed by atoms with Crippen LogP contribution in [0.25, 0.3) is 0 Å². The molecule has 0 spiro atoms. The van der Waals surface area contributed by atoms with Crippen molar-refractivity contribution in [2.45, 2.75) is 16.2 Å². The molecule has 0 saturated heterocycles. The third kappa shape index (κ3) is 3.20. The molecule has 0 N–H and O–H groups in total. The van der Waals surface area contributed by atoms with Gasteiger partial charge in [-0.3, -0.25) is 0 Å². The Kier molecular flexibility index (Phi) is 4.43. The quantitative estimate of drug-likeness (QED) is 0.792. The molecule has 2 nitrogen and oxygen atoms in total. The van der Waals surface area contributed by atoms with Gasteiger partial charge in [0.15, 0.2) is 0 Å². The summed E-state index contributed by atoms with van der Waals surface area (Å²) < 4.78 is 0. The molecule has 0 aromatic heterocycles. The molecule has 110 valence electrons. The molecule has 1 aliphatic heterocycles. The summed E-state index contributed by atoms with van der Waals surface area (Å²) in [6.07, 6.45) is 1.13. The van der Waals surface area contributed by atoms with Crippen LogP contribution >= 0.6 is 23.4 Å². The first-order valence-corrected chi connectivity index (χ1v) is 8.33. The first-order valence-electron chi connectivity index (χ1n) is 7.14. The number of hydrogen-bond donors (Lipinski definition) is 0.